The van der Waals surface area contributed by atoms with E-state index >= 15 is 0 Å². The Balaban J connectivity index is 1.13. The largest absolute Gasteiger partial charge is 0.457 e. The highest BCUT2D eigenvalue weighted by Crippen LogP contribution is 2.70. The average Bonchev–Trinajstić information content (AvgIpc) is 3.20. The maximum Gasteiger partial charge on any atom is 0.133 e. The molecule has 12 rings (SSSR count). The predicted molar refractivity (Wildman–Crippen MR) is 241 cm³/mol. The summed E-state index contributed by atoms with van der Waals surface area (Å²) in [7, 11) is 0. The molecule has 4 saturated carbocycles. The van der Waals surface area contributed by atoms with E-state index in [9.17, 15) is 0 Å². The SMILES string of the molecule is CC1(C)CCC(C)(C)c2cc(N(c3ccc4c(c3)Oc3cccc(-c5ccccc5)c3C43C4CC5CC(C4)CC3C5)c3ccc4c(c3)C(C)(C)CCC4(C)C)ccc21. The minimum Gasteiger partial charge on any atom is -0.457 e. The van der Waals surface area contributed by atoms with Crippen LogP contribution in [-0.2, 0) is 27.1 Å². The monoisotopic (exact) mass is 765 g/mol. The first-order valence-electron chi connectivity index (χ1n) is 22.8. The second-order valence-corrected chi connectivity index (χ2v) is 22.3. The number of anilines is 3. The Labute approximate surface area is 348 Å². The zero-order chi connectivity index (χ0) is 40.0. The molecule has 0 atom stereocenters. The van der Waals surface area contributed by atoms with Gasteiger partial charge in [-0.25, -0.2) is 0 Å². The number of rotatable bonds is 4. The highest BCUT2D eigenvalue weighted by atomic mass is 16.5. The van der Waals surface area contributed by atoms with Crippen LogP contribution in [0.2, 0.25) is 0 Å². The molecule has 4 fully saturated rings. The van der Waals surface area contributed by atoms with Gasteiger partial charge < -0.3 is 9.64 Å². The van der Waals surface area contributed by atoms with E-state index in [0.717, 1.165) is 23.3 Å². The summed E-state index contributed by atoms with van der Waals surface area (Å²) < 4.78 is 7.31. The third kappa shape index (κ3) is 5.28. The summed E-state index contributed by atoms with van der Waals surface area (Å²) >= 11 is 0. The topological polar surface area (TPSA) is 12.5 Å². The summed E-state index contributed by atoms with van der Waals surface area (Å²) in [4.78, 5) is 2.57. The van der Waals surface area contributed by atoms with Gasteiger partial charge >= 0.3 is 0 Å². The molecule has 0 aromatic heterocycles. The zero-order valence-corrected chi connectivity index (χ0v) is 36.3. The van der Waals surface area contributed by atoms with Crippen LogP contribution in [-0.4, -0.2) is 0 Å². The molecule has 58 heavy (non-hydrogen) atoms. The lowest BCUT2D eigenvalue weighted by molar-refractivity contribution is -0.0449. The van der Waals surface area contributed by atoms with Crippen LogP contribution in [0.15, 0.2) is 103 Å². The fourth-order valence-corrected chi connectivity index (χ4v) is 13.9. The molecule has 298 valence electrons. The summed E-state index contributed by atoms with van der Waals surface area (Å²) in [6.45, 7) is 19.6. The first-order chi connectivity index (χ1) is 27.7. The van der Waals surface area contributed by atoms with Crippen molar-refractivity contribution in [1.29, 1.82) is 0 Å². The van der Waals surface area contributed by atoms with Gasteiger partial charge in [0.15, 0.2) is 0 Å². The van der Waals surface area contributed by atoms with Crippen molar-refractivity contribution in [2.24, 2.45) is 23.7 Å². The van der Waals surface area contributed by atoms with Gasteiger partial charge in [0, 0.05) is 39.7 Å². The van der Waals surface area contributed by atoms with Crippen LogP contribution >= 0.6 is 0 Å². The molecule has 0 saturated heterocycles. The van der Waals surface area contributed by atoms with Gasteiger partial charge in [-0.05, 0) is 173 Å². The number of fused-ring (bicyclic) bond motifs is 4. The second-order valence-electron chi connectivity index (χ2n) is 22.3. The molecular formula is C56H63NO. The zero-order valence-electron chi connectivity index (χ0n) is 36.3. The van der Waals surface area contributed by atoms with Gasteiger partial charge in [0.1, 0.15) is 11.5 Å². The van der Waals surface area contributed by atoms with Crippen molar-refractivity contribution >= 4 is 17.1 Å². The van der Waals surface area contributed by atoms with E-state index in [2.05, 4.69) is 163 Å². The summed E-state index contributed by atoms with van der Waals surface area (Å²) in [5.74, 6) is 5.15. The van der Waals surface area contributed by atoms with Gasteiger partial charge in [-0.1, -0.05) is 116 Å². The van der Waals surface area contributed by atoms with E-state index in [1.807, 2.05) is 0 Å². The van der Waals surface area contributed by atoms with Gasteiger partial charge in [0.05, 0.1) is 0 Å². The summed E-state index contributed by atoms with van der Waals surface area (Å²) in [5.41, 5.74) is 15.7. The fraction of sp³-hybridized carbons (Fsp3) is 0.464. The number of benzene rings is 5. The van der Waals surface area contributed by atoms with Crippen molar-refractivity contribution in [3.05, 3.63) is 137 Å². The third-order valence-corrected chi connectivity index (χ3v) is 17.0. The van der Waals surface area contributed by atoms with E-state index in [0.29, 0.717) is 11.8 Å². The van der Waals surface area contributed by atoms with Crippen LogP contribution in [0.1, 0.15) is 147 Å². The molecule has 0 unspecified atom stereocenters. The lowest BCUT2D eigenvalue weighted by Gasteiger charge is -2.63. The standard InChI is InChI=1S/C56H63NO/c1-52(2)23-25-54(5,6)47-32-40(17-20-44(47)52)57(41-18-21-45-48(33-41)55(7,8)26-24-53(45,3)4)42-19-22-46-50(34-42)58-49-16-12-15-43(37-13-10-9-11-14-37)51(49)56(46)38-28-35-27-36(30-38)31-39(56)29-35/h9-22,32-36,38-39H,23-31H2,1-8H3. The van der Waals surface area contributed by atoms with Crippen LogP contribution in [0.3, 0.4) is 0 Å². The molecule has 1 spiro atoms. The lowest BCUT2D eigenvalue weighted by atomic mass is 9.41. The van der Waals surface area contributed by atoms with E-state index in [1.54, 1.807) is 0 Å². The van der Waals surface area contributed by atoms with Crippen LogP contribution < -0.4 is 9.64 Å². The Morgan fingerprint density at radius 2 is 0.931 bits per heavy atom. The second kappa shape index (κ2) is 12.4. The molecule has 0 N–H and O–H groups in total. The van der Waals surface area contributed by atoms with E-state index in [4.69, 9.17) is 4.74 Å². The molecule has 2 nitrogen and oxygen atoms in total. The molecule has 1 aliphatic heterocycles. The maximum atomic E-state index is 7.31. The van der Waals surface area contributed by atoms with Crippen molar-refractivity contribution in [2.75, 3.05) is 4.90 Å². The normalized spacial score (nSPS) is 28.5. The van der Waals surface area contributed by atoms with Gasteiger partial charge in [0.25, 0.3) is 0 Å². The Hall–Kier alpha value is -4.30. The van der Waals surface area contributed by atoms with Crippen molar-refractivity contribution in [3.63, 3.8) is 0 Å². The smallest absolute Gasteiger partial charge is 0.133 e. The molecule has 1 heterocycles. The van der Waals surface area contributed by atoms with E-state index < -0.39 is 0 Å². The van der Waals surface area contributed by atoms with Crippen LogP contribution in [0.4, 0.5) is 17.1 Å². The predicted octanol–water partition coefficient (Wildman–Crippen LogP) is 15.4. The molecule has 5 aromatic carbocycles. The summed E-state index contributed by atoms with van der Waals surface area (Å²) in [6.07, 6.45) is 11.6. The van der Waals surface area contributed by atoms with Crippen LogP contribution in [0.25, 0.3) is 11.1 Å². The fourth-order valence-electron chi connectivity index (χ4n) is 13.9. The highest BCUT2D eigenvalue weighted by molar-refractivity contribution is 5.82. The van der Waals surface area contributed by atoms with Gasteiger partial charge in [-0.15, -0.1) is 0 Å². The Bertz CT molecular complexity index is 2350. The molecule has 5 aromatic rings. The highest BCUT2D eigenvalue weighted by Gasteiger charge is 2.62. The molecule has 0 amide bonds. The lowest BCUT2D eigenvalue weighted by Crippen LogP contribution is -2.57. The van der Waals surface area contributed by atoms with Gasteiger partial charge in [0.2, 0.25) is 0 Å². The molecule has 6 aliphatic carbocycles. The van der Waals surface area contributed by atoms with Crippen molar-refractivity contribution < 1.29 is 4.74 Å². The maximum absolute atomic E-state index is 7.31. The molecule has 0 radical (unpaired) electrons. The first kappa shape index (κ1) is 36.8. The average molecular weight is 766 g/mol. The summed E-state index contributed by atoms with van der Waals surface area (Å²) in [5, 5.41) is 0. The minimum absolute atomic E-state index is 0.0466. The van der Waals surface area contributed by atoms with Crippen molar-refractivity contribution in [2.45, 2.75) is 140 Å². The van der Waals surface area contributed by atoms with Crippen LogP contribution in [0.5, 0.6) is 11.5 Å². The van der Waals surface area contributed by atoms with E-state index in [1.165, 1.54) is 119 Å². The minimum atomic E-state index is -0.0466. The molecule has 2 heteroatoms. The Morgan fingerprint density at radius 1 is 0.448 bits per heavy atom. The first-order valence-corrected chi connectivity index (χ1v) is 22.8. The summed E-state index contributed by atoms with van der Waals surface area (Å²) in [6, 6.07) is 40.3. The number of nitrogens with zero attached hydrogens (tertiary/aromatic N) is 1. The Kier molecular flexibility index (Phi) is 7.84. The van der Waals surface area contributed by atoms with E-state index in [-0.39, 0.29) is 27.1 Å². The molecule has 4 bridgehead atoms. The number of hydrogen-bond donors (Lipinski definition) is 0. The molecule has 7 aliphatic rings. The third-order valence-electron chi connectivity index (χ3n) is 17.0. The van der Waals surface area contributed by atoms with Crippen molar-refractivity contribution in [3.8, 4) is 22.6 Å². The Morgan fingerprint density at radius 3 is 1.47 bits per heavy atom. The number of ether oxygens (including phenoxy) is 1. The van der Waals surface area contributed by atoms with Gasteiger partial charge in [-0.3, -0.25) is 0 Å². The van der Waals surface area contributed by atoms with Crippen LogP contribution in [0, 0.1) is 23.7 Å². The molecular weight excluding hydrogens is 703 g/mol. The number of hydrogen-bond acceptors (Lipinski definition) is 2. The van der Waals surface area contributed by atoms with Gasteiger partial charge in [-0.2, -0.15) is 0 Å². The quantitative estimate of drug-likeness (QED) is 0.181. The van der Waals surface area contributed by atoms with Crippen molar-refractivity contribution in [1.82, 2.24) is 0 Å².